The van der Waals surface area contributed by atoms with Gasteiger partial charge in [-0.25, -0.2) is 0 Å². The summed E-state index contributed by atoms with van der Waals surface area (Å²) in [5.74, 6) is 0. The molecule has 1 aromatic carbocycles. The van der Waals surface area contributed by atoms with Crippen molar-refractivity contribution in [3.63, 3.8) is 0 Å². The van der Waals surface area contributed by atoms with E-state index in [0.717, 1.165) is 16.7 Å². The summed E-state index contributed by atoms with van der Waals surface area (Å²) < 4.78 is 41.0. The van der Waals surface area contributed by atoms with Crippen molar-refractivity contribution in [3.8, 4) is 0 Å². The van der Waals surface area contributed by atoms with Crippen molar-refractivity contribution >= 4 is 0 Å². The molecule has 0 bridgehead atoms. The number of aryl methyl sites for hydroxylation is 2. The van der Waals surface area contributed by atoms with Gasteiger partial charge in [0.1, 0.15) is 6.61 Å². The lowest BCUT2D eigenvalue weighted by Gasteiger charge is -2.20. The lowest BCUT2D eigenvalue weighted by molar-refractivity contribution is -0.175. The van der Waals surface area contributed by atoms with Crippen molar-refractivity contribution in [2.24, 2.45) is 0 Å². The second-order valence-corrected chi connectivity index (χ2v) is 4.66. The van der Waals surface area contributed by atoms with Crippen molar-refractivity contribution in [2.75, 3.05) is 19.8 Å². The fourth-order valence-electron chi connectivity index (χ4n) is 2.02. The van der Waals surface area contributed by atoms with Crippen LogP contribution in [0, 0.1) is 13.8 Å². The van der Waals surface area contributed by atoms with Gasteiger partial charge in [0.2, 0.25) is 0 Å². The molecule has 1 rings (SSSR count). The Labute approximate surface area is 112 Å². The Morgan fingerprint density at radius 3 is 2.21 bits per heavy atom. The highest BCUT2D eigenvalue weighted by Crippen LogP contribution is 2.19. The Morgan fingerprint density at radius 1 is 1.16 bits per heavy atom. The Kier molecular flexibility index (Phi) is 5.82. The van der Waals surface area contributed by atoms with Crippen LogP contribution in [0.15, 0.2) is 18.2 Å². The van der Waals surface area contributed by atoms with Crippen LogP contribution in [0.1, 0.15) is 29.7 Å². The molecular formula is C14H20F3NO. The van der Waals surface area contributed by atoms with E-state index in [9.17, 15) is 13.2 Å². The number of halogens is 3. The molecule has 0 aliphatic carbocycles. The van der Waals surface area contributed by atoms with E-state index >= 15 is 0 Å². The standard InChI is InChI=1S/C14H20F3NO/c1-4-18-13(8-19-9-14(15,16)17)12-6-10(2)5-11(3)7-12/h5-7,13,18H,4,8-9H2,1-3H3. The summed E-state index contributed by atoms with van der Waals surface area (Å²) in [6.45, 7) is 5.33. The molecule has 2 nitrogen and oxygen atoms in total. The molecule has 0 aliphatic rings. The van der Waals surface area contributed by atoms with Crippen molar-refractivity contribution in [1.29, 1.82) is 0 Å². The minimum atomic E-state index is -4.28. The molecule has 0 saturated heterocycles. The molecule has 0 aromatic heterocycles. The minimum absolute atomic E-state index is 0.0102. The highest BCUT2D eigenvalue weighted by Gasteiger charge is 2.28. The normalized spacial score (nSPS) is 13.6. The van der Waals surface area contributed by atoms with Gasteiger partial charge in [-0.15, -0.1) is 0 Å². The lowest BCUT2D eigenvalue weighted by Crippen LogP contribution is -2.28. The van der Waals surface area contributed by atoms with Gasteiger partial charge in [-0.05, 0) is 26.0 Å². The number of rotatable bonds is 6. The van der Waals surface area contributed by atoms with Crippen LogP contribution in [0.4, 0.5) is 13.2 Å². The number of alkyl halides is 3. The first kappa shape index (κ1) is 16.0. The van der Waals surface area contributed by atoms with E-state index in [1.807, 2.05) is 39.0 Å². The Balaban J connectivity index is 2.71. The van der Waals surface area contributed by atoms with Crippen LogP contribution in [0.25, 0.3) is 0 Å². The summed E-state index contributed by atoms with van der Waals surface area (Å²) in [5, 5.41) is 3.15. The summed E-state index contributed by atoms with van der Waals surface area (Å²) >= 11 is 0. The number of ether oxygens (including phenoxy) is 1. The molecule has 1 unspecified atom stereocenters. The van der Waals surface area contributed by atoms with Gasteiger partial charge < -0.3 is 10.1 Å². The number of nitrogens with one attached hydrogen (secondary N) is 1. The van der Waals surface area contributed by atoms with Gasteiger partial charge >= 0.3 is 6.18 Å². The van der Waals surface area contributed by atoms with Gasteiger partial charge in [-0.2, -0.15) is 13.2 Å². The van der Waals surface area contributed by atoms with E-state index in [4.69, 9.17) is 4.74 Å². The third kappa shape index (κ3) is 6.07. The molecule has 0 radical (unpaired) electrons. The zero-order valence-corrected chi connectivity index (χ0v) is 11.5. The zero-order valence-electron chi connectivity index (χ0n) is 11.5. The van der Waals surface area contributed by atoms with Crippen molar-refractivity contribution in [1.82, 2.24) is 5.32 Å². The van der Waals surface area contributed by atoms with Crippen molar-refractivity contribution < 1.29 is 17.9 Å². The van der Waals surface area contributed by atoms with E-state index in [2.05, 4.69) is 5.32 Å². The largest absolute Gasteiger partial charge is 0.411 e. The Morgan fingerprint density at radius 2 is 1.74 bits per heavy atom. The second-order valence-electron chi connectivity index (χ2n) is 4.66. The van der Waals surface area contributed by atoms with Crippen molar-refractivity contribution in [3.05, 3.63) is 34.9 Å². The first-order chi connectivity index (χ1) is 8.81. The van der Waals surface area contributed by atoms with Crippen LogP contribution in [-0.2, 0) is 4.74 Å². The third-order valence-electron chi connectivity index (χ3n) is 2.65. The van der Waals surface area contributed by atoms with Crippen LogP contribution < -0.4 is 5.32 Å². The topological polar surface area (TPSA) is 21.3 Å². The molecule has 0 fully saturated rings. The molecule has 0 saturated carbocycles. The van der Waals surface area contributed by atoms with Gasteiger partial charge in [-0.3, -0.25) is 0 Å². The first-order valence-corrected chi connectivity index (χ1v) is 6.28. The smallest absolute Gasteiger partial charge is 0.370 e. The molecule has 1 N–H and O–H groups in total. The van der Waals surface area contributed by atoms with Gasteiger partial charge in [0.05, 0.1) is 12.6 Å². The maximum atomic E-state index is 12.1. The fourth-order valence-corrected chi connectivity index (χ4v) is 2.02. The molecule has 1 aromatic rings. The Bertz CT molecular complexity index is 384. The zero-order chi connectivity index (χ0) is 14.5. The van der Waals surface area contributed by atoms with Crippen LogP contribution in [-0.4, -0.2) is 25.9 Å². The van der Waals surface area contributed by atoms with Crippen LogP contribution in [0.2, 0.25) is 0 Å². The van der Waals surface area contributed by atoms with E-state index in [1.54, 1.807) is 0 Å². The quantitative estimate of drug-likeness (QED) is 0.857. The minimum Gasteiger partial charge on any atom is -0.370 e. The predicted octanol–water partition coefficient (Wildman–Crippen LogP) is 3.53. The lowest BCUT2D eigenvalue weighted by atomic mass is 10.0. The maximum absolute atomic E-state index is 12.1. The van der Waals surface area contributed by atoms with Crippen LogP contribution >= 0.6 is 0 Å². The predicted molar refractivity (Wildman–Crippen MR) is 69.2 cm³/mol. The SMILES string of the molecule is CCNC(COCC(F)(F)F)c1cc(C)cc(C)c1. The molecule has 0 spiro atoms. The average Bonchev–Trinajstić information content (AvgIpc) is 2.25. The van der Waals surface area contributed by atoms with E-state index < -0.39 is 12.8 Å². The number of hydrogen-bond acceptors (Lipinski definition) is 2. The number of likely N-dealkylation sites (N-methyl/N-ethyl adjacent to an activating group) is 1. The van der Waals surface area contributed by atoms with Gasteiger partial charge in [0.15, 0.2) is 0 Å². The monoisotopic (exact) mass is 275 g/mol. The number of benzene rings is 1. The van der Waals surface area contributed by atoms with Crippen LogP contribution in [0.3, 0.4) is 0 Å². The molecule has 1 atom stereocenters. The van der Waals surface area contributed by atoms with E-state index in [0.29, 0.717) is 6.54 Å². The highest BCUT2D eigenvalue weighted by molar-refractivity contribution is 5.30. The van der Waals surface area contributed by atoms with Gasteiger partial charge in [0.25, 0.3) is 0 Å². The fraction of sp³-hybridized carbons (Fsp3) is 0.571. The molecule has 0 aliphatic heterocycles. The molecule has 108 valence electrons. The summed E-state index contributed by atoms with van der Waals surface area (Å²) in [6.07, 6.45) is -4.28. The third-order valence-corrected chi connectivity index (χ3v) is 2.65. The van der Waals surface area contributed by atoms with Gasteiger partial charge in [-0.1, -0.05) is 36.2 Å². The summed E-state index contributed by atoms with van der Waals surface area (Å²) in [6, 6.07) is 5.75. The van der Waals surface area contributed by atoms with E-state index in [1.165, 1.54) is 0 Å². The molecule has 0 heterocycles. The van der Waals surface area contributed by atoms with E-state index in [-0.39, 0.29) is 12.6 Å². The maximum Gasteiger partial charge on any atom is 0.411 e. The molecule has 0 amide bonds. The van der Waals surface area contributed by atoms with Crippen LogP contribution in [0.5, 0.6) is 0 Å². The summed E-state index contributed by atoms with van der Waals surface area (Å²) in [5.41, 5.74) is 3.14. The molecule has 19 heavy (non-hydrogen) atoms. The average molecular weight is 275 g/mol. The Hall–Kier alpha value is -1.07. The first-order valence-electron chi connectivity index (χ1n) is 6.28. The van der Waals surface area contributed by atoms with Gasteiger partial charge in [0, 0.05) is 0 Å². The summed E-state index contributed by atoms with van der Waals surface area (Å²) in [4.78, 5) is 0. The highest BCUT2D eigenvalue weighted by atomic mass is 19.4. The molecule has 5 heteroatoms. The van der Waals surface area contributed by atoms with Crippen molar-refractivity contribution in [2.45, 2.75) is 33.0 Å². The summed E-state index contributed by atoms with van der Waals surface area (Å²) in [7, 11) is 0. The number of hydrogen-bond donors (Lipinski definition) is 1. The second kappa shape index (κ2) is 6.91. The molecular weight excluding hydrogens is 255 g/mol.